The molecular weight excluding hydrogens is 354 g/mol. The minimum Gasteiger partial charge on any atom is -0.451 e. The zero-order valence-corrected chi connectivity index (χ0v) is 15.2. The van der Waals surface area contributed by atoms with Gasteiger partial charge < -0.3 is 9.73 Å². The maximum absolute atomic E-state index is 12.8. The summed E-state index contributed by atoms with van der Waals surface area (Å²) < 4.78 is 31.2. The molecule has 0 bridgehead atoms. The summed E-state index contributed by atoms with van der Waals surface area (Å²) in [6, 6.07) is 8.89. The van der Waals surface area contributed by atoms with Crippen molar-refractivity contribution >= 4 is 32.5 Å². The number of carbonyl (C=O) groups excluding carboxylic acids is 1. The van der Waals surface area contributed by atoms with E-state index < -0.39 is 15.7 Å². The highest BCUT2D eigenvalue weighted by Gasteiger charge is 2.24. The van der Waals surface area contributed by atoms with E-state index >= 15 is 0 Å². The second-order valence-electron chi connectivity index (χ2n) is 6.63. The molecule has 2 aromatic heterocycles. The van der Waals surface area contributed by atoms with Crippen molar-refractivity contribution in [2.45, 2.75) is 31.6 Å². The van der Waals surface area contributed by atoms with E-state index in [4.69, 9.17) is 4.42 Å². The van der Waals surface area contributed by atoms with Gasteiger partial charge in [-0.1, -0.05) is 18.2 Å². The highest BCUT2D eigenvalue weighted by molar-refractivity contribution is 7.89. The monoisotopic (exact) mass is 373 g/mol. The maximum Gasteiger partial charge on any atom is 0.292 e. The molecule has 1 aliphatic rings. The Bertz CT molecular complexity index is 1070. The van der Waals surface area contributed by atoms with E-state index in [0.717, 1.165) is 37.8 Å². The number of rotatable bonds is 4. The van der Waals surface area contributed by atoms with Crippen LogP contribution in [0.2, 0.25) is 0 Å². The van der Waals surface area contributed by atoms with Crippen molar-refractivity contribution in [3.05, 3.63) is 47.3 Å². The van der Waals surface area contributed by atoms with Gasteiger partial charge in [0.1, 0.15) is 5.58 Å². The fourth-order valence-electron chi connectivity index (χ4n) is 3.34. The highest BCUT2D eigenvalue weighted by Crippen LogP contribution is 2.28. The van der Waals surface area contributed by atoms with E-state index in [9.17, 15) is 13.2 Å². The van der Waals surface area contributed by atoms with Crippen molar-refractivity contribution < 1.29 is 17.6 Å². The summed E-state index contributed by atoms with van der Waals surface area (Å²) in [5, 5.41) is 7.77. The number of anilines is 1. The molecule has 7 nitrogen and oxygen atoms in total. The van der Waals surface area contributed by atoms with E-state index in [2.05, 4.69) is 10.4 Å². The number of amides is 1. The molecule has 1 N–H and O–H groups in total. The Balaban J connectivity index is 1.70. The Labute approximate surface area is 150 Å². The van der Waals surface area contributed by atoms with Crippen LogP contribution in [-0.4, -0.2) is 30.4 Å². The summed E-state index contributed by atoms with van der Waals surface area (Å²) in [5.74, 6) is -0.275. The fraction of sp³-hybridized carbons (Fsp3) is 0.333. The summed E-state index contributed by atoms with van der Waals surface area (Å²) in [6.45, 7) is 0.842. The number of benzene rings is 1. The third-order valence-electron chi connectivity index (χ3n) is 4.47. The zero-order valence-electron chi connectivity index (χ0n) is 14.4. The van der Waals surface area contributed by atoms with Crippen LogP contribution in [0, 0.1) is 0 Å². The van der Waals surface area contributed by atoms with E-state index in [-0.39, 0.29) is 11.5 Å². The molecule has 26 heavy (non-hydrogen) atoms. The molecule has 1 aliphatic heterocycles. The minimum absolute atomic E-state index is 0.0163. The standard InChI is InChI=1S/C18H19N3O4S/c1-26(23,24)11-14-13-7-2-3-8-15(13)25-17(14)18(22)19-16-10-12-6-4-5-9-21(12)20-16/h2-3,7-8,10H,4-6,9,11H2,1H3,(H,19,20,22). The van der Waals surface area contributed by atoms with Crippen LogP contribution in [0.15, 0.2) is 34.7 Å². The van der Waals surface area contributed by atoms with E-state index in [1.165, 1.54) is 0 Å². The van der Waals surface area contributed by atoms with Gasteiger partial charge >= 0.3 is 0 Å². The lowest BCUT2D eigenvalue weighted by atomic mass is 10.1. The molecule has 0 unspecified atom stereocenters. The first-order valence-electron chi connectivity index (χ1n) is 8.47. The second-order valence-corrected chi connectivity index (χ2v) is 8.77. The van der Waals surface area contributed by atoms with Crippen molar-refractivity contribution in [3.63, 3.8) is 0 Å². The third kappa shape index (κ3) is 3.24. The molecule has 8 heteroatoms. The molecule has 4 rings (SSSR count). The number of carbonyl (C=O) groups is 1. The van der Waals surface area contributed by atoms with Crippen LogP contribution in [0.1, 0.15) is 34.7 Å². The molecule has 1 aromatic carbocycles. The van der Waals surface area contributed by atoms with E-state index in [0.29, 0.717) is 22.4 Å². The number of fused-ring (bicyclic) bond motifs is 2. The van der Waals surface area contributed by atoms with E-state index in [1.54, 1.807) is 24.3 Å². The van der Waals surface area contributed by atoms with Gasteiger partial charge in [-0.25, -0.2) is 8.42 Å². The lowest BCUT2D eigenvalue weighted by Crippen LogP contribution is -2.15. The van der Waals surface area contributed by atoms with Gasteiger partial charge in [0.2, 0.25) is 0 Å². The number of nitrogens with one attached hydrogen (secondary N) is 1. The van der Waals surface area contributed by atoms with Gasteiger partial charge in [0, 0.05) is 35.5 Å². The number of nitrogens with zero attached hydrogens (tertiary/aromatic N) is 2. The molecule has 0 saturated carbocycles. The molecule has 3 heterocycles. The lowest BCUT2D eigenvalue weighted by molar-refractivity contribution is 0.0997. The Morgan fingerprint density at radius 1 is 1.31 bits per heavy atom. The summed E-state index contributed by atoms with van der Waals surface area (Å²) in [6.07, 6.45) is 4.26. The lowest BCUT2D eigenvalue weighted by Gasteiger charge is -2.11. The predicted molar refractivity (Wildman–Crippen MR) is 97.9 cm³/mol. The molecule has 0 radical (unpaired) electrons. The average Bonchev–Trinajstić information content (AvgIpc) is 3.14. The predicted octanol–water partition coefficient (Wildman–Crippen LogP) is 2.76. The number of sulfone groups is 1. The summed E-state index contributed by atoms with van der Waals surface area (Å²) in [5.41, 5.74) is 1.96. The van der Waals surface area contributed by atoms with Gasteiger partial charge in [-0.05, 0) is 25.3 Å². The fourth-order valence-corrected chi connectivity index (χ4v) is 4.15. The van der Waals surface area contributed by atoms with Gasteiger partial charge in [-0.3, -0.25) is 9.48 Å². The van der Waals surface area contributed by atoms with Crippen LogP contribution >= 0.6 is 0 Å². The van der Waals surface area contributed by atoms with E-state index in [1.807, 2.05) is 10.7 Å². The zero-order chi connectivity index (χ0) is 18.3. The topological polar surface area (TPSA) is 94.2 Å². The van der Waals surface area contributed by atoms with Gasteiger partial charge in [0.25, 0.3) is 5.91 Å². The van der Waals surface area contributed by atoms with Crippen molar-refractivity contribution in [3.8, 4) is 0 Å². The van der Waals surface area contributed by atoms with Crippen LogP contribution in [0.4, 0.5) is 5.82 Å². The molecule has 0 aliphatic carbocycles. The average molecular weight is 373 g/mol. The Kier molecular flexibility index (Phi) is 4.07. The van der Waals surface area contributed by atoms with Crippen molar-refractivity contribution in [2.75, 3.05) is 11.6 Å². The molecule has 1 amide bonds. The molecule has 136 valence electrons. The summed E-state index contributed by atoms with van der Waals surface area (Å²) >= 11 is 0. The van der Waals surface area contributed by atoms with Crippen LogP contribution in [-0.2, 0) is 28.6 Å². The molecular formula is C18H19N3O4S. The van der Waals surface area contributed by atoms with Gasteiger partial charge in [-0.15, -0.1) is 0 Å². The van der Waals surface area contributed by atoms with Gasteiger partial charge in [0.15, 0.2) is 21.4 Å². The van der Waals surface area contributed by atoms with Crippen LogP contribution in [0.5, 0.6) is 0 Å². The smallest absolute Gasteiger partial charge is 0.292 e. The molecule has 3 aromatic rings. The highest BCUT2D eigenvalue weighted by atomic mass is 32.2. The number of hydrogen-bond acceptors (Lipinski definition) is 5. The van der Waals surface area contributed by atoms with Crippen molar-refractivity contribution in [1.29, 1.82) is 0 Å². The molecule has 0 atom stereocenters. The SMILES string of the molecule is CS(=O)(=O)Cc1c(C(=O)Nc2cc3n(n2)CCCC3)oc2ccccc12. The minimum atomic E-state index is -3.33. The Morgan fingerprint density at radius 3 is 2.88 bits per heavy atom. The Hall–Kier alpha value is -2.61. The first-order chi connectivity index (χ1) is 12.4. The number of furan rings is 1. The second kappa shape index (κ2) is 6.28. The van der Waals surface area contributed by atoms with Crippen LogP contribution in [0.25, 0.3) is 11.0 Å². The maximum atomic E-state index is 12.8. The number of para-hydroxylation sites is 1. The number of aryl methyl sites for hydroxylation is 2. The van der Waals surface area contributed by atoms with Gasteiger partial charge in [-0.2, -0.15) is 5.10 Å². The van der Waals surface area contributed by atoms with Crippen LogP contribution in [0.3, 0.4) is 0 Å². The third-order valence-corrected chi connectivity index (χ3v) is 5.28. The molecule has 0 spiro atoms. The first kappa shape index (κ1) is 16.8. The normalized spacial score (nSPS) is 14.3. The largest absolute Gasteiger partial charge is 0.451 e. The number of hydrogen-bond donors (Lipinski definition) is 1. The van der Waals surface area contributed by atoms with Crippen molar-refractivity contribution in [2.24, 2.45) is 0 Å². The quantitative estimate of drug-likeness (QED) is 0.759. The Morgan fingerprint density at radius 2 is 2.12 bits per heavy atom. The van der Waals surface area contributed by atoms with Crippen molar-refractivity contribution in [1.82, 2.24) is 9.78 Å². The molecule has 0 saturated heterocycles. The van der Waals surface area contributed by atoms with Gasteiger partial charge in [0.05, 0.1) is 5.75 Å². The molecule has 0 fully saturated rings. The summed E-state index contributed by atoms with van der Waals surface area (Å²) in [4.78, 5) is 12.8. The number of aromatic nitrogens is 2. The first-order valence-corrected chi connectivity index (χ1v) is 10.5. The summed E-state index contributed by atoms with van der Waals surface area (Å²) in [7, 11) is -3.33. The van der Waals surface area contributed by atoms with Crippen LogP contribution < -0.4 is 5.32 Å².